The zero-order chi connectivity index (χ0) is 15.7. The molecule has 1 aliphatic heterocycles. The van der Waals surface area contributed by atoms with Gasteiger partial charge in [0.2, 0.25) is 0 Å². The van der Waals surface area contributed by atoms with Crippen LogP contribution in [0.1, 0.15) is 28.8 Å². The smallest absolute Gasteiger partial charge is 0.275 e. The van der Waals surface area contributed by atoms with Gasteiger partial charge in [-0.25, -0.2) is 4.98 Å². The van der Waals surface area contributed by atoms with Crippen molar-refractivity contribution in [1.82, 2.24) is 24.2 Å². The molecule has 2 aromatic rings. The second-order valence-corrected chi connectivity index (χ2v) is 5.57. The highest BCUT2D eigenvalue weighted by atomic mass is 16.5. The van der Waals surface area contributed by atoms with Crippen LogP contribution in [0.3, 0.4) is 0 Å². The van der Waals surface area contributed by atoms with E-state index in [4.69, 9.17) is 4.74 Å². The molecule has 1 aliphatic rings. The number of rotatable bonds is 4. The molecule has 7 heteroatoms. The number of aryl methyl sites for hydroxylation is 2. The van der Waals surface area contributed by atoms with Gasteiger partial charge in [-0.2, -0.15) is 5.10 Å². The molecule has 3 heterocycles. The Morgan fingerprint density at radius 3 is 2.95 bits per heavy atom. The summed E-state index contributed by atoms with van der Waals surface area (Å²) in [4.78, 5) is 19.0. The number of aromatic nitrogens is 4. The summed E-state index contributed by atoms with van der Waals surface area (Å²) in [7, 11) is 3.79. The molecule has 2 aromatic heterocycles. The number of nitrogens with zero attached hydrogens (tertiary/aromatic N) is 5. The number of imidazole rings is 1. The Bertz CT molecular complexity index is 675. The molecule has 0 bridgehead atoms. The van der Waals surface area contributed by atoms with Crippen molar-refractivity contribution in [3.63, 3.8) is 0 Å². The van der Waals surface area contributed by atoms with Crippen molar-refractivity contribution in [2.45, 2.75) is 25.9 Å². The standard InChI is InChI=1S/C15H21N5O2/c1-4-22-9-11-7-14-13(16-10-18(14)2)8-20(11)15(21)12-5-6-19(3)17-12/h5-6,10-11H,4,7-9H2,1-3H3/t11-/m1/s1. The van der Waals surface area contributed by atoms with Gasteiger partial charge in [0.15, 0.2) is 0 Å². The van der Waals surface area contributed by atoms with E-state index in [-0.39, 0.29) is 11.9 Å². The van der Waals surface area contributed by atoms with Crippen LogP contribution < -0.4 is 0 Å². The van der Waals surface area contributed by atoms with Crippen LogP contribution in [0, 0.1) is 0 Å². The van der Waals surface area contributed by atoms with Gasteiger partial charge in [0, 0.05) is 39.0 Å². The fourth-order valence-corrected chi connectivity index (χ4v) is 2.84. The lowest BCUT2D eigenvalue weighted by Crippen LogP contribution is -2.47. The first kappa shape index (κ1) is 14.8. The van der Waals surface area contributed by atoms with Crippen molar-refractivity contribution in [2.24, 2.45) is 14.1 Å². The summed E-state index contributed by atoms with van der Waals surface area (Å²) >= 11 is 0. The van der Waals surface area contributed by atoms with Crippen LogP contribution in [0.2, 0.25) is 0 Å². The number of hydrogen-bond donors (Lipinski definition) is 0. The number of hydrogen-bond acceptors (Lipinski definition) is 4. The minimum absolute atomic E-state index is 0.0114. The Labute approximate surface area is 129 Å². The molecular weight excluding hydrogens is 282 g/mol. The first-order valence-electron chi connectivity index (χ1n) is 7.47. The summed E-state index contributed by atoms with van der Waals surface area (Å²) in [6.07, 6.45) is 4.34. The highest BCUT2D eigenvalue weighted by Gasteiger charge is 2.33. The second kappa shape index (κ2) is 5.92. The van der Waals surface area contributed by atoms with Crippen molar-refractivity contribution >= 4 is 5.91 Å². The maximum Gasteiger partial charge on any atom is 0.275 e. The van der Waals surface area contributed by atoms with Crippen LogP contribution in [-0.4, -0.2) is 49.4 Å². The molecular formula is C15H21N5O2. The average Bonchev–Trinajstić information content (AvgIpc) is 3.10. The molecule has 0 saturated carbocycles. The summed E-state index contributed by atoms with van der Waals surface area (Å²) < 4.78 is 9.24. The maximum atomic E-state index is 12.8. The van der Waals surface area contributed by atoms with Gasteiger partial charge in [0.25, 0.3) is 5.91 Å². The minimum atomic E-state index is -0.0680. The van der Waals surface area contributed by atoms with Crippen molar-refractivity contribution in [1.29, 1.82) is 0 Å². The zero-order valence-corrected chi connectivity index (χ0v) is 13.2. The summed E-state index contributed by atoms with van der Waals surface area (Å²) in [5.41, 5.74) is 2.60. The Kier molecular flexibility index (Phi) is 3.98. The van der Waals surface area contributed by atoms with E-state index in [2.05, 4.69) is 10.1 Å². The van der Waals surface area contributed by atoms with E-state index in [1.54, 1.807) is 23.3 Å². The molecule has 0 saturated heterocycles. The molecule has 0 aliphatic carbocycles. The molecule has 0 radical (unpaired) electrons. The monoisotopic (exact) mass is 303 g/mol. The lowest BCUT2D eigenvalue weighted by molar-refractivity contribution is 0.0382. The highest BCUT2D eigenvalue weighted by molar-refractivity contribution is 5.92. The Morgan fingerprint density at radius 2 is 2.27 bits per heavy atom. The Balaban J connectivity index is 1.87. The largest absolute Gasteiger partial charge is 0.380 e. The molecule has 7 nitrogen and oxygen atoms in total. The lowest BCUT2D eigenvalue weighted by atomic mass is 10.0. The molecule has 1 amide bonds. The molecule has 0 fully saturated rings. The van der Waals surface area contributed by atoms with Gasteiger partial charge in [0.05, 0.1) is 31.2 Å². The summed E-state index contributed by atoms with van der Waals surface area (Å²) in [6.45, 7) is 3.63. The normalized spacial score (nSPS) is 17.6. The molecule has 3 rings (SSSR count). The number of ether oxygens (including phenoxy) is 1. The Morgan fingerprint density at radius 1 is 1.45 bits per heavy atom. The lowest BCUT2D eigenvalue weighted by Gasteiger charge is -2.34. The predicted octanol–water partition coefficient (Wildman–Crippen LogP) is 0.757. The maximum absolute atomic E-state index is 12.8. The fraction of sp³-hybridized carbons (Fsp3) is 0.533. The van der Waals surface area contributed by atoms with Gasteiger partial charge in [-0.15, -0.1) is 0 Å². The molecule has 0 N–H and O–H groups in total. The predicted molar refractivity (Wildman–Crippen MR) is 80.3 cm³/mol. The van der Waals surface area contributed by atoms with Gasteiger partial charge < -0.3 is 14.2 Å². The van der Waals surface area contributed by atoms with E-state index in [0.29, 0.717) is 25.5 Å². The van der Waals surface area contributed by atoms with Gasteiger partial charge in [-0.3, -0.25) is 9.48 Å². The molecule has 0 unspecified atom stereocenters. The van der Waals surface area contributed by atoms with Gasteiger partial charge in [0.1, 0.15) is 5.69 Å². The van der Waals surface area contributed by atoms with Crippen LogP contribution in [0.15, 0.2) is 18.6 Å². The molecule has 22 heavy (non-hydrogen) atoms. The van der Waals surface area contributed by atoms with Crippen molar-refractivity contribution in [3.05, 3.63) is 35.7 Å². The first-order valence-corrected chi connectivity index (χ1v) is 7.47. The van der Waals surface area contributed by atoms with Gasteiger partial charge in [-0.05, 0) is 13.0 Å². The van der Waals surface area contributed by atoms with E-state index in [1.807, 2.05) is 30.5 Å². The third kappa shape index (κ3) is 2.64. The van der Waals surface area contributed by atoms with Crippen LogP contribution in [0.4, 0.5) is 0 Å². The van der Waals surface area contributed by atoms with Crippen LogP contribution in [0.5, 0.6) is 0 Å². The van der Waals surface area contributed by atoms with E-state index >= 15 is 0 Å². The van der Waals surface area contributed by atoms with Crippen molar-refractivity contribution in [2.75, 3.05) is 13.2 Å². The zero-order valence-electron chi connectivity index (χ0n) is 13.2. The van der Waals surface area contributed by atoms with Gasteiger partial charge >= 0.3 is 0 Å². The third-order valence-corrected chi connectivity index (χ3v) is 4.04. The van der Waals surface area contributed by atoms with Gasteiger partial charge in [-0.1, -0.05) is 0 Å². The van der Waals surface area contributed by atoms with Crippen molar-refractivity contribution in [3.8, 4) is 0 Å². The minimum Gasteiger partial charge on any atom is -0.380 e. The topological polar surface area (TPSA) is 65.2 Å². The van der Waals surface area contributed by atoms with E-state index < -0.39 is 0 Å². The number of carbonyl (C=O) groups is 1. The molecule has 118 valence electrons. The number of fused-ring (bicyclic) bond motifs is 1. The fourth-order valence-electron chi connectivity index (χ4n) is 2.84. The second-order valence-electron chi connectivity index (χ2n) is 5.57. The summed E-state index contributed by atoms with van der Waals surface area (Å²) in [5, 5.41) is 4.22. The average molecular weight is 303 g/mol. The SMILES string of the molecule is CCOC[C@H]1Cc2c(ncn2C)CN1C(=O)c1ccn(C)n1. The molecule has 0 aromatic carbocycles. The summed E-state index contributed by atoms with van der Waals surface area (Å²) in [5.74, 6) is -0.0680. The summed E-state index contributed by atoms with van der Waals surface area (Å²) in [6, 6.07) is 1.76. The van der Waals surface area contributed by atoms with Crippen molar-refractivity contribution < 1.29 is 9.53 Å². The van der Waals surface area contributed by atoms with Crippen LogP contribution >= 0.6 is 0 Å². The highest BCUT2D eigenvalue weighted by Crippen LogP contribution is 2.24. The Hall–Kier alpha value is -2.15. The van der Waals surface area contributed by atoms with Crippen LogP contribution in [0.25, 0.3) is 0 Å². The van der Waals surface area contributed by atoms with E-state index in [0.717, 1.165) is 12.1 Å². The number of amides is 1. The molecule has 1 atom stereocenters. The number of carbonyl (C=O) groups excluding carboxylic acids is 1. The quantitative estimate of drug-likeness (QED) is 0.836. The first-order chi connectivity index (χ1) is 10.6. The van der Waals surface area contributed by atoms with Crippen LogP contribution in [-0.2, 0) is 31.8 Å². The van der Waals surface area contributed by atoms with E-state index in [1.165, 1.54) is 5.69 Å². The van der Waals surface area contributed by atoms with E-state index in [9.17, 15) is 4.79 Å². The molecule has 0 spiro atoms. The third-order valence-electron chi connectivity index (χ3n) is 4.04.